The summed E-state index contributed by atoms with van der Waals surface area (Å²) in [4.78, 5) is 47.4. The van der Waals surface area contributed by atoms with E-state index in [-0.39, 0.29) is 18.0 Å². The number of furan rings is 1. The normalized spacial score (nSPS) is 16.2. The van der Waals surface area contributed by atoms with Gasteiger partial charge >= 0.3 is 0 Å². The zero-order valence-corrected chi connectivity index (χ0v) is 25.8. The van der Waals surface area contributed by atoms with Crippen LogP contribution in [0.1, 0.15) is 23.8 Å². The number of aliphatic carboxylic acids is 1. The summed E-state index contributed by atoms with van der Waals surface area (Å²) in [7, 11) is 0. The average molecular weight is 638 g/mol. The van der Waals surface area contributed by atoms with Gasteiger partial charge < -0.3 is 19.3 Å². The molecule has 2 aliphatic rings. The molecule has 0 saturated carbocycles. The number of fused-ring (bicyclic) bond motifs is 1. The Kier molecular flexibility index (Phi) is 9.19. The maximum absolute atomic E-state index is 13.8. The summed E-state index contributed by atoms with van der Waals surface area (Å²) in [6.45, 7) is 6.03. The van der Waals surface area contributed by atoms with E-state index in [1.165, 1.54) is 21.1 Å². The number of benzene rings is 1. The number of aryl methyl sites for hydroxylation is 1. The quantitative estimate of drug-likeness (QED) is 0.235. The van der Waals surface area contributed by atoms with E-state index < -0.39 is 5.97 Å². The van der Waals surface area contributed by atoms with E-state index in [4.69, 9.17) is 43.1 Å². The van der Waals surface area contributed by atoms with Crippen molar-refractivity contribution in [3.8, 4) is 0 Å². The van der Waals surface area contributed by atoms with Gasteiger partial charge in [0.25, 0.3) is 17.4 Å². The molecular formula is C30H28ClN5O5S2. The standard InChI is InChI=1S/C28H24ClN5O3S2.C2H4O2/c1-18-5-3-9-33-24(18)30-25(32-12-10-31(11-13-32)20-7-2-6-19(29)15-20)22(26(33)35)16-23-27(36)34(28(38)39-23)17-21-8-4-14-37-21;1-2(3)4/h2-9,14-16H,10-13,17H2,1H3;1H3,(H,3,4)/b23-16-;. The van der Waals surface area contributed by atoms with Crippen molar-refractivity contribution >= 4 is 75.0 Å². The molecule has 3 aromatic heterocycles. The maximum atomic E-state index is 13.8. The molecule has 0 spiro atoms. The lowest BCUT2D eigenvalue weighted by Gasteiger charge is -2.37. The topological polar surface area (TPSA) is 112 Å². The second kappa shape index (κ2) is 13.0. The number of aromatic nitrogens is 2. The third-order valence-electron chi connectivity index (χ3n) is 6.86. The van der Waals surface area contributed by atoms with Crippen LogP contribution in [0.4, 0.5) is 11.5 Å². The van der Waals surface area contributed by atoms with Gasteiger partial charge in [0.1, 0.15) is 21.5 Å². The number of carbonyl (C=O) groups excluding carboxylic acids is 1. The highest BCUT2D eigenvalue weighted by Gasteiger charge is 2.34. The highest BCUT2D eigenvalue weighted by Crippen LogP contribution is 2.35. The average Bonchev–Trinajstić information content (AvgIpc) is 3.58. The van der Waals surface area contributed by atoms with Crippen molar-refractivity contribution in [2.45, 2.75) is 20.4 Å². The number of hydrogen-bond acceptors (Lipinski definition) is 9. The van der Waals surface area contributed by atoms with Crippen molar-refractivity contribution in [2.24, 2.45) is 0 Å². The van der Waals surface area contributed by atoms with E-state index in [9.17, 15) is 9.59 Å². The van der Waals surface area contributed by atoms with Crippen LogP contribution < -0.4 is 15.4 Å². The lowest BCUT2D eigenvalue weighted by atomic mass is 10.2. The molecule has 2 aliphatic heterocycles. The molecule has 0 radical (unpaired) electrons. The summed E-state index contributed by atoms with van der Waals surface area (Å²) in [6, 6.07) is 15.1. The van der Waals surface area contributed by atoms with Gasteiger partial charge in [-0.25, -0.2) is 4.98 Å². The molecular weight excluding hydrogens is 610 g/mol. The largest absolute Gasteiger partial charge is 0.481 e. The zero-order valence-electron chi connectivity index (χ0n) is 23.4. The molecule has 0 bridgehead atoms. The minimum Gasteiger partial charge on any atom is -0.481 e. The number of anilines is 2. The van der Waals surface area contributed by atoms with Crippen LogP contribution in [-0.4, -0.2) is 61.8 Å². The number of amides is 1. The smallest absolute Gasteiger partial charge is 0.300 e. The summed E-state index contributed by atoms with van der Waals surface area (Å²) < 4.78 is 7.36. The Morgan fingerprint density at radius 2 is 1.84 bits per heavy atom. The van der Waals surface area contributed by atoms with Gasteiger partial charge in [0.2, 0.25) is 0 Å². The second-order valence-electron chi connectivity index (χ2n) is 9.86. The summed E-state index contributed by atoms with van der Waals surface area (Å²) in [5, 5.41) is 8.11. The zero-order chi connectivity index (χ0) is 30.7. The first-order valence-electron chi connectivity index (χ1n) is 13.4. The van der Waals surface area contributed by atoms with Crippen LogP contribution in [0.2, 0.25) is 5.02 Å². The van der Waals surface area contributed by atoms with Gasteiger partial charge in [-0.15, -0.1) is 0 Å². The molecule has 222 valence electrons. The van der Waals surface area contributed by atoms with Crippen molar-refractivity contribution in [1.29, 1.82) is 0 Å². The third kappa shape index (κ3) is 6.76. The van der Waals surface area contributed by atoms with Crippen molar-refractivity contribution in [2.75, 3.05) is 36.0 Å². The van der Waals surface area contributed by atoms with Crippen molar-refractivity contribution in [3.05, 3.63) is 98.2 Å². The molecule has 43 heavy (non-hydrogen) atoms. The number of carbonyl (C=O) groups is 2. The van der Waals surface area contributed by atoms with E-state index in [0.29, 0.717) is 50.1 Å². The molecule has 2 fully saturated rings. The lowest BCUT2D eigenvalue weighted by molar-refractivity contribution is -0.134. The fourth-order valence-corrected chi connectivity index (χ4v) is 6.26. The monoisotopic (exact) mass is 637 g/mol. The predicted molar refractivity (Wildman–Crippen MR) is 173 cm³/mol. The minimum atomic E-state index is -0.833. The number of halogens is 1. The summed E-state index contributed by atoms with van der Waals surface area (Å²) >= 11 is 12.9. The number of piperazine rings is 1. The van der Waals surface area contributed by atoms with Crippen LogP contribution in [0.5, 0.6) is 0 Å². The maximum Gasteiger partial charge on any atom is 0.300 e. The van der Waals surface area contributed by atoms with Gasteiger partial charge in [0, 0.05) is 50.0 Å². The number of thioether (sulfide) groups is 1. The molecule has 5 heterocycles. The number of hydrogen-bond donors (Lipinski definition) is 1. The summed E-state index contributed by atoms with van der Waals surface area (Å²) in [5.74, 6) is 0.108. The Morgan fingerprint density at radius 3 is 2.51 bits per heavy atom. The molecule has 10 nitrogen and oxygen atoms in total. The first-order valence-corrected chi connectivity index (χ1v) is 15.0. The Hall–Kier alpha value is -4.13. The fourth-order valence-electron chi connectivity index (χ4n) is 4.84. The number of carboxylic acid groups (broad SMARTS) is 1. The number of rotatable bonds is 5. The molecule has 6 rings (SSSR count). The lowest BCUT2D eigenvalue weighted by Crippen LogP contribution is -2.47. The molecule has 1 N–H and O–H groups in total. The van der Waals surface area contributed by atoms with Gasteiger partial charge in [-0.1, -0.05) is 47.7 Å². The van der Waals surface area contributed by atoms with Crippen LogP contribution in [0.15, 0.2) is 75.1 Å². The number of thiocarbonyl (C=S) groups is 1. The fraction of sp³-hybridized carbons (Fsp3) is 0.233. The van der Waals surface area contributed by atoms with E-state index in [0.717, 1.165) is 31.3 Å². The van der Waals surface area contributed by atoms with E-state index in [1.807, 2.05) is 43.3 Å². The van der Waals surface area contributed by atoms with Crippen LogP contribution in [0.3, 0.4) is 0 Å². The van der Waals surface area contributed by atoms with Crippen LogP contribution >= 0.6 is 35.6 Å². The SMILES string of the molecule is CC(=O)O.Cc1cccn2c(=O)c(/C=C3\SC(=S)N(Cc4ccco4)C3=O)c(N3CCN(c4cccc(Cl)c4)CC3)nc12. The van der Waals surface area contributed by atoms with Gasteiger partial charge in [0.15, 0.2) is 0 Å². The highest BCUT2D eigenvalue weighted by molar-refractivity contribution is 8.26. The van der Waals surface area contributed by atoms with Crippen molar-refractivity contribution in [1.82, 2.24) is 14.3 Å². The predicted octanol–water partition coefficient (Wildman–Crippen LogP) is 5.07. The van der Waals surface area contributed by atoms with E-state index >= 15 is 0 Å². The molecule has 1 amide bonds. The summed E-state index contributed by atoms with van der Waals surface area (Å²) in [5.41, 5.74) is 2.69. The minimum absolute atomic E-state index is 0.229. The Morgan fingerprint density at radius 1 is 1.12 bits per heavy atom. The molecule has 4 aromatic rings. The van der Waals surface area contributed by atoms with Gasteiger partial charge in [0.05, 0.1) is 23.3 Å². The van der Waals surface area contributed by atoms with Gasteiger partial charge in [-0.05, 0) is 55.0 Å². The number of nitrogens with zero attached hydrogens (tertiary/aromatic N) is 5. The van der Waals surface area contributed by atoms with Gasteiger partial charge in [-0.3, -0.25) is 23.7 Å². The third-order valence-corrected chi connectivity index (χ3v) is 8.47. The Bertz CT molecular complexity index is 1780. The van der Waals surface area contributed by atoms with Gasteiger partial charge in [-0.2, -0.15) is 0 Å². The molecule has 1 aromatic carbocycles. The first-order chi connectivity index (χ1) is 20.6. The Balaban J connectivity index is 0.000000868. The van der Waals surface area contributed by atoms with Crippen LogP contribution in [0, 0.1) is 6.92 Å². The van der Waals surface area contributed by atoms with E-state index in [2.05, 4.69) is 9.80 Å². The van der Waals surface area contributed by atoms with Crippen LogP contribution in [-0.2, 0) is 16.1 Å². The molecule has 0 unspecified atom stereocenters. The summed E-state index contributed by atoms with van der Waals surface area (Å²) in [6.07, 6.45) is 4.91. The van der Waals surface area contributed by atoms with E-state index in [1.54, 1.807) is 30.7 Å². The van der Waals surface area contributed by atoms with Crippen molar-refractivity contribution in [3.63, 3.8) is 0 Å². The Labute approximate surface area is 262 Å². The molecule has 13 heteroatoms. The number of pyridine rings is 1. The molecule has 0 aliphatic carbocycles. The van der Waals surface area contributed by atoms with Crippen molar-refractivity contribution < 1.29 is 19.1 Å². The van der Waals surface area contributed by atoms with Crippen LogP contribution in [0.25, 0.3) is 11.7 Å². The second-order valence-corrected chi connectivity index (χ2v) is 12.0. The number of carboxylic acids is 1. The first kappa shape index (κ1) is 30.3. The molecule has 2 saturated heterocycles. The highest BCUT2D eigenvalue weighted by atomic mass is 35.5. The molecule has 0 atom stereocenters.